The van der Waals surface area contributed by atoms with Crippen molar-refractivity contribution >= 4 is 11.9 Å². The van der Waals surface area contributed by atoms with E-state index in [1.165, 1.54) is 0 Å². The summed E-state index contributed by atoms with van der Waals surface area (Å²) in [6, 6.07) is 7.19. The lowest BCUT2D eigenvalue weighted by Gasteiger charge is -2.28. The molecule has 1 atom stereocenters. The number of carbonyl (C=O) groups is 2. The number of benzene rings is 1. The van der Waals surface area contributed by atoms with Gasteiger partial charge in [0, 0.05) is 31.5 Å². The van der Waals surface area contributed by atoms with Gasteiger partial charge in [0.2, 0.25) is 0 Å². The summed E-state index contributed by atoms with van der Waals surface area (Å²) in [6.07, 6.45) is 1.10. The van der Waals surface area contributed by atoms with Gasteiger partial charge < -0.3 is 19.3 Å². The fourth-order valence-corrected chi connectivity index (χ4v) is 3.64. The van der Waals surface area contributed by atoms with E-state index in [4.69, 9.17) is 9.26 Å². The number of β-amino-alcohol motifs (C(OH)–C–C–N with tert-alkyl or cyclic N) is 1. The Balaban J connectivity index is 1.49. The normalized spacial score (nSPS) is 21.1. The number of esters is 1. The lowest BCUT2D eigenvalue weighted by atomic mass is 9.94. The number of carbonyl (C=O) groups excluding carboxylic acids is 2. The van der Waals surface area contributed by atoms with Gasteiger partial charge in [-0.05, 0) is 38.0 Å². The zero-order valence-electron chi connectivity index (χ0n) is 15.4. The van der Waals surface area contributed by atoms with E-state index in [9.17, 15) is 14.7 Å². The van der Waals surface area contributed by atoms with Crippen LogP contribution < -0.4 is 0 Å². The topological polar surface area (TPSA) is 92.9 Å². The number of hydrogen-bond acceptors (Lipinski definition) is 6. The zero-order chi connectivity index (χ0) is 19.2. The first-order chi connectivity index (χ1) is 12.8. The lowest BCUT2D eigenvalue weighted by molar-refractivity contribution is -0.00700. The van der Waals surface area contributed by atoms with Gasteiger partial charge in [-0.25, -0.2) is 4.79 Å². The summed E-state index contributed by atoms with van der Waals surface area (Å²) in [5.74, 6) is -0.00918. The monoisotopic (exact) mass is 370 g/mol. The minimum Gasteiger partial charge on any atom is -0.456 e. The number of hydrogen-bond donors (Lipinski definition) is 1. The molecular formula is C20H22N2O5. The average molecular weight is 370 g/mol. The lowest BCUT2D eigenvalue weighted by Crippen LogP contribution is -2.36. The van der Waals surface area contributed by atoms with E-state index in [-0.39, 0.29) is 5.91 Å². The van der Waals surface area contributed by atoms with Crippen LogP contribution in [-0.2, 0) is 17.6 Å². The number of fused-ring (bicyclic) bond motifs is 1. The number of ether oxygens (including phenoxy) is 1. The molecule has 2 aliphatic heterocycles. The number of nitrogens with zero attached hydrogens (tertiary/aromatic N) is 2. The molecule has 1 amide bonds. The Kier molecular flexibility index (Phi) is 4.26. The highest BCUT2D eigenvalue weighted by atomic mass is 16.6. The predicted octanol–water partition coefficient (Wildman–Crippen LogP) is 1.96. The summed E-state index contributed by atoms with van der Waals surface area (Å²) < 4.78 is 10.8. The highest BCUT2D eigenvalue weighted by molar-refractivity contribution is 5.94. The van der Waals surface area contributed by atoms with Gasteiger partial charge in [-0.1, -0.05) is 17.3 Å². The third kappa shape index (κ3) is 3.47. The second-order valence-electron chi connectivity index (χ2n) is 7.82. The van der Waals surface area contributed by atoms with E-state index >= 15 is 0 Å². The van der Waals surface area contributed by atoms with E-state index in [0.717, 1.165) is 5.56 Å². The minimum atomic E-state index is -0.580. The van der Waals surface area contributed by atoms with Crippen LogP contribution in [0.15, 0.2) is 28.8 Å². The first-order valence-electron chi connectivity index (χ1n) is 9.09. The molecule has 0 radical (unpaired) electrons. The van der Waals surface area contributed by atoms with Crippen LogP contribution in [0, 0.1) is 0 Å². The Morgan fingerprint density at radius 1 is 1.33 bits per heavy atom. The zero-order valence-corrected chi connectivity index (χ0v) is 15.4. The molecule has 4 rings (SSSR count). The SMILES string of the molecule is CC1(C)Cc2noc(Cc3ccc(C(=O)N4CC[C@@H](O)C4)cc3)c2C(=O)O1. The molecule has 0 aliphatic carbocycles. The summed E-state index contributed by atoms with van der Waals surface area (Å²) in [5.41, 5.74) is 1.95. The number of rotatable bonds is 3. The maximum absolute atomic E-state index is 12.4. The number of cyclic esters (lactones) is 1. The van der Waals surface area contributed by atoms with Crippen LogP contribution in [-0.4, -0.2) is 51.8 Å². The van der Waals surface area contributed by atoms with Crippen molar-refractivity contribution in [3.05, 3.63) is 52.4 Å². The third-order valence-electron chi connectivity index (χ3n) is 5.02. The minimum absolute atomic E-state index is 0.0825. The van der Waals surface area contributed by atoms with Crippen LogP contribution >= 0.6 is 0 Å². The van der Waals surface area contributed by atoms with E-state index in [1.807, 2.05) is 26.0 Å². The first-order valence-corrected chi connectivity index (χ1v) is 9.09. The quantitative estimate of drug-likeness (QED) is 0.831. The molecule has 27 heavy (non-hydrogen) atoms. The van der Waals surface area contributed by atoms with Crippen molar-refractivity contribution in [2.45, 2.75) is 44.8 Å². The molecule has 7 heteroatoms. The van der Waals surface area contributed by atoms with Gasteiger partial charge in [0.25, 0.3) is 5.91 Å². The second-order valence-corrected chi connectivity index (χ2v) is 7.82. The van der Waals surface area contributed by atoms with Gasteiger partial charge in [-0.2, -0.15) is 0 Å². The number of aromatic nitrogens is 1. The summed E-state index contributed by atoms with van der Waals surface area (Å²) in [7, 11) is 0. The largest absolute Gasteiger partial charge is 0.456 e. The van der Waals surface area contributed by atoms with Crippen LogP contribution in [0.4, 0.5) is 0 Å². The molecular weight excluding hydrogens is 348 g/mol. The molecule has 1 N–H and O–H groups in total. The predicted molar refractivity (Wildman–Crippen MR) is 95.5 cm³/mol. The average Bonchev–Trinajstić information content (AvgIpc) is 3.20. The van der Waals surface area contributed by atoms with E-state index in [2.05, 4.69) is 5.16 Å². The molecule has 3 heterocycles. The molecule has 1 saturated heterocycles. The van der Waals surface area contributed by atoms with Crippen molar-refractivity contribution in [2.24, 2.45) is 0 Å². The van der Waals surface area contributed by atoms with Crippen LogP contribution in [0.1, 0.15) is 58.0 Å². The summed E-state index contributed by atoms with van der Waals surface area (Å²) in [5, 5.41) is 13.6. The number of amides is 1. The maximum Gasteiger partial charge on any atom is 0.344 e. The van der Waals surface area contributed by atoms with Gasteiger partial charge in [-0.15, -0.1) is 0 Å². The van der Waals surface area contributed by atoms with E-state index < -0.39 is 17.7 Å². The van der Waals surface area contributed by atoms with Crippen molar-refractivity contribution in [1.29, 1.82) is 0 Å². The fraction of sp³-hybridized carbons (Fsp3) is 0.450. The van der Waals surface area contributed by atoms with Gasteiger partial charge in [0.1, 0.15) is 16.9 Å². The highest BCUT2D eigenvalue weighted by Gasteiger charge is 2.37. The Morgan fingerprint density at radius 3 is 2.74 bits per heavy atom. The number of likely N-dealkylation sites (tertiary alicyclic amines) is 1. The van der Waals surface area contributed by atoms with Crippen molar-refractivity contribution in [3.63, 3.8) is 0 Å². The third-order valence-corrected chi connectivity index (χ3v) is 5.02. The van der Waals surface area contributed by atoms with Gasteiger partial charge in [0.15, 0.2) is 5.76 Å². The number of aliphatic hydroxyl groups is 1. The Labute approximate surface area is 156 Å². The standard InChI is InChI=1S/C20H22N2O5/c1-20(2)10-15-17(19(25)26-20)16(27-21-15)9-12-3-5-13(6-4-12)18(24)22-8-7-14(23)11-22/h3-6,14,23H,7-11H2,1-2H3/t14-/m1/s1. The Hall–Kier alpha value is -2.67. The summed E-state index contributed by atoms with van der Waals surface area (Å²) >= 11 is 0. The molecule has 7 nitrogen and oxygen atoms in total. The molecule has 0 spiro atoms. The molecule has 1 fully saturated rings. The molecule has 0 saturated carbocycles. The van der Waals surface area contributed by atoms with E-state index in [1.54, 1.807) is 17.0 Å². The molecule has 2 aliphatic rings. The van der Waals surface area contributed by atoms with E-state index in [0.29, 0.717) is 54.9 Å². The van der Waals surface area contributed by atoms with Crippen molar-refractivity contribution in [2.75, 3.05) is 13.1 Å². The van der Waals surface area contributed by atoms with Crippen molar-refractivity contribution in [1.82, 2.24) is 10.1 Å². The van der Waals surface area contributed by atoms with Gasteiger partial charge in [0.05, 0.1) is 6.10 Å². The first kappa shape index (κ1) is 17.7. The van der Waals surface area contributed by atoms with Crippen LogP contribution in [0.2, 0.25) is 0 Å². The highest BCUT2D eigenvalue weighted by Crippen LogP contribution is 2.30. The van der Waals surface area contributed by atoms with Crippen LogP contribution in [0.25, 0.3) is 0 Å². The summed E-state index contributed by atoms with van der Waals surface area (Å²) in [4.78, 5) is 26.4. The second kappa shape index (κ2) is 6.49. The van der Waals surface area contributed by atoms with Crippen molar-refractivity contribution in [3.8, 4) is 0 Å². The van der Waals surface area contributed by atoms with Crippen LogP contribution in [0.3, 0.4) is 0 Å². The Bertz CT molecular complexity index is 884. The number of aliphatic hydroxyl groups excluding tert-OH is 1. The smallest absolute Gasteiger partial charge is 0.344 e. The Morgan fingerprint density at radius 2 is 2.07 bits per heavy atom. The molecule has 0 bridgehead atoms. The van der Waals surface area contributed by atoms with Crippen molar-refractivity contribution < 1.29 is 24.0 Å². The van der Waals surface area contributed by atoms with Crippen LogP contribution in [0.5, 0.6) is 0 Å². The van der Waals surface area contributed by atoms with Gasteiger partial charge in [-0.3, -0.25) is 4.79 Å². The molecule has 2 aromatic rings. The maximum atomic E-state index is 12.4. The molecule has 0 unspecified atom stereocenters. The molecule has 1 aromatic heterocycles. The summed E-state index contributed by atoms with van der Waals surface area (Å²) in [6.45, 7) is 4.64. The molecule has 142 valence electrons. The fourth-order valence-electron chi connectivity index (χ4n) is 3.64. The molecule has 1 aromatic carbocycles. The van der Waals surface area contributed by atoms with Gasteiger partial charge >= 0.3 is 5.97 Å².